The molecule has 0 spiro atoms. The molecule has 1 aromatic carbocycles. The molecule has 2 nitrogen and oxygen atoms in total. The van der Waals surface area contributed by atoms with Gasteiger partial charge in [0.2, 0.25) is 0 Å². The number of halogens is 2. The lowest BCUT2D eigenvalue weighted by atomic mass is 10.2. The van der Waals surface area contributed by atoms with Crippen LogP contribution in [0.5, 0.6) is 0 Å². The van der Waals surface area contributed by atoms with E-state index in [1.807, 2.05) is 0 Å². The van der Waals surface area contributed by atoms with Gasteiger partial charge < -0.3 is 0 Å². The lowest BCUT2D eigenvalue weighted by Crippen LogP contribution is -2.18. The van der Waals surface area contributed by atoms with Gasteiger partial charge in [0.15, 0.2) is 9.84 Å². The molecule has 1 aromatic rings. The summed E-state index contributed by atoms with van der Waals surface area (Å²) >= 11 is 3.33. The molecule has 0 amide bonds. The summed E-state index contributed by atoms with van der Waals surface area (Å²) < 4.78 is 37.0. The predicted octanol–water partition coefficient (Wildman–Crippen LogP) is 2.77. The molecule has 5 heteroatoms. The molecule has 0 aromatic heterocycles. The Bertz CT molecular complexity index is 494. The third-order valence-corrected chi connectivity index (χ3v) is 6.05. The van der Waals surface area contributed by atoms with Gasteiger partial charge in [-0.3, -0.25) is 0 Å². The van der Waals surface area contributed by atoms with Crippen molar-refractivity contribution in [2.45, 2.75) is 17.7 Å². The summed E-state index contributed by atoms with van der Waals surface area (Å²) in [6, 6.07) is 5.20. The molecule has 0 unspecified atom stereocenters. The van der Waals surface area contributed by atoms with E-state index in [1.165, 1.54) is 18.2 Å². The van der Waals surface area contributed by atoms with Crippen LogP contribution in [0.3, 0.4) is 0 Å². The number of benzene rings is 1. The first-order chi connectivity index (χ1) is 7.47. The molecule has 0 aliphatic heterocycles. The van der Waals surface area contributed by atoms with Gasteiger partial charge in [0.25, 0.3) is 0 Å². The summed E-state index contributed by atoms with van der Waals surface area (Å²) in [7, 11) is -3.36. The maximum atomic E-state index is 13.0. The Hall–Kier alpha value is -0.420. The summed E-state index contributed by atoms with van der Waals surface area (Å²) in [5.74, 6) is -0.404. The van der Waals surface area contributed by atoms with Gasteiger partial charge in [-0.2, -0.15) is 0 Å². The van der Waals surface area contributed by atoms with Crippen LogP contribution < -0.4 is 0 Å². The van der Waals surface area contributed by atoms with Crippen molar-refractivity contribution in [1.29, 1.82) is 0 Å². The fourth-order valence-corrected chi connectivity index (χ4v) is 4.60. The molecule has 2 rings (SSSR count). The van der Waals surface area contributed by atoms with Crippen LogP contribution in [0, 0.1) is 11.2 Å². The number of hydrogen-bond acceptors (Lipinski definition) is 2. The van der Waals surface area contributed by atoms with E-state index in [1.54, 1.807) is 0 Å². The average Bonchev–Trinajstić information content (AvgIpc) is 2.98. The van der Waals surface area contributed by atoms with Crippen LogP contribution in [0.15, 0.2) is 29.2 Å². The van der Waals surface area contributed by atoms with E-state index in [0.29, 0.717) is 5.33 Å². The van der Waals surface area contributed by atoms with E-state index < -0.39 is 15.7 Å². The fourth-order valence-electron chi connectivity index (χ4n) is 1.64. The number of alkyl halides is 1. The smallest absolute Gasteiger partial charge is 0.179 e. The third kappa shape index (κ3) is 2.46. The van der Waals surface area contributed by atoms with Gasteiger partial charge in [0.1, 0.15) is 5.82 Å². The van der Waals surface area contributed by atoms with E-state index in [9.17, 15) is 12.8 Å². The Morgan fingerprint density at radius 1 is 1.38 bits per heavy atom. The summed E-state index contributed by atoms with van der Waals surface area (Å²) in [4.78, 5) is 0.0831. The summed E-state index contributed by atoms with van der Waals surface area (Å²) in [6.07, 6.45) is 1.85. The first-order valence-corrected chi connectivity index (χ1v) is 7.79. The van der Waals surface area contributed by atoms with Crippen LogP contribution >= 0.6 is 15.9 Å². The van der Waals surface area contributed by atoms with Crippen molar-refractivity contribution in [1.82, 2.24) is 0 Å². The lowest BCUT2D eigenvalue weighted by Gasteiger charge is -2.11. The minimum atomic E-state index is -3.36. The fraction of sp³-hybridized carbons (Fsp3) is 0.455. The lowest BCUT2D eigenvalue weighted by molar-refractivity contribution is 0.569. The second kappa shape index (κ2) is 4.11. The maximum absolute atomic E-state index is 13.0. The summed E-state index contributed by atoms with van der Waals surface area (Å²) in [5.41, 5.74) is -0.120. The number of hydrogen-bond donors (Lipinski definition) is 0. The Morgan fingerprint density at radius 3 is 2.56 bits per heavy atom. The van der Waals surface area contributed by atoms with Crippen molar-refractivity contribution in [3.05, 3.63) is 30.1 Å². The number of sulfone groups is 1. The quantitative estimate of drug-likeness (QED) is 0.802. The highest BCUT2D eigenvalue weighted by Crippen LogP contribution is 2.48. The number of rotatable bonds is 4. The minimum absolute atomic E-state index is 0.0831. The van der Waals surface area contributed by atoms with Crippen LogP contribution in [0.4, 0.5) is 4.39 Å². The monoisotopic (exact) mass is 306 g/mol. The highest BCUT2D eigenvalue weighted by atomic mass is 79.9. The second-order valence-electron chi connectivity index (χ2n) is 4.35. The topological polar surface area (TPSA) is 34.1 Å². The van der Waals surface area contributed by atoms with Crippen LogP contribution in [-0.4, -0.2) is 19.5 Å². The summed E-state index contributed by atoms with van der Waals surface area (Å²) in [6.45, 7) is 0. The third-order valence-electron chi connectivity index (χ3n) is 2.89. The molecule has 0 bridgehead atoms. The highest BCUT2D eigenvalue weighted by molar-refractivity contribution is 9.09. The molecule has 16 heavy (non-hydrogen) atoms. The van der Waals surface area contributed by atoms with Gasteiger partial charge in [0, 0.05) is 5.33 Å². The first-order valence-electron chi connectivity index (χ1n) is 5.02. The zero-order chi connectivity index (χ0) is 11.8. The zero-order valence-electron chi connectivity index (χ0n) is 8.62. The first kappa shape index (κ1) is 12.0. The molecule has 88 valence electrons. The molecule has 1 aliphatic rings. The van der Waals surface area contributed by atoms with Gasteiger partial charge in [0.05, 0.1) is 10.6 Å². The molecule has 0 heterocycles. The van der Waals surface area contributed by atoms with Crippen molar-refractivity contribution in [2.75, 3.05) is 11.1 Å². The maximum Gasteiger partial charge on any atom is 0.179 e. The van der Waals surface area contributed by atoms with Crippen LogP contribution in [0.25, 0.3) is 0 Å². The average molecular weight is 307 g/mol. The second-order valence-corrected chi connectivity index (χ2v) is 6.90. The Kier molecular flexibility index (Phi) is 3.09. The van der Waals surface area contributed by atoms with E-state index in [2.05, 4.69) is 15.9 Å². The van der Waals surface area contributed by atoms with E-state index in [0.717, 1.165) is 18.9 Å². The van der Waals surface area contributed by atoms with Gasteiger partial charge in [-0.05, 0) is 36.5 Å². The minimum Gasteiger partial charge on any atom is -0.224 e. The molecule has 0 radical (unpaired) electrons. The summed E-state index contributed by atoms with van der Waals surface area (Å²) in [5, 5.41) is 0.689. The van der Waals surface area contributed by atoms with E-state index in [4.69, 9.17) is 0 Å². The Balaban J connectivity index is 2.26. The van der Waals surface area contributed by atoms with Crippen molar-refractivity contribution in [2.24, 2.45) is 5.41 Å². The standard InChI is InChI=1S/C11H12BrFO2S/c12-7-11(4-5-11)8-16(14,15)10-3-1-2-9(13)6-10/h1-3,6H,4-5,7-8H2. The van der Waals surface area contributed by atoms with Crippen molar-refractivity contribution < 1.29 is 12.8 Å². The Morgan fingerprint density at radius 2 is 2.06 bits per heavy atom. The van der Waals surface area contributed by atoms with E-state index in [-0.39, 0.29) is 16.1 Å². The molecule has 0 saturated heterocycles. The molecule has 1 fully saturated rings. The van der Waals surface area contributed by atoms with Gasteiger partial charge in [-0.25, -0.2) is 12.8 Å². The SMILES string of the molecule is O=S(=O)(CC1(CBr)CC1)c1cccc(F)c1. The molecule has 0 atom stereocenters. The van der Waals surface area contributed by atoms with Gasteiger partial charge >= 0.3 is 0 Å². The molecular formula is C11H12BrFO2S. The molecule has 0 N–H and O–H groups in total. The largest absolute Gasteiger partial charge is 0.224 e. The normalized spacial score (nSPS) is 18.4. The predicted molar refractivity (Wildman–Crippen MR) is 63.9 cm³/mol. The van der Waals surface area contributed by atoms with Crippen LogP contribution in [0.2, 0.25) is 0 Å². The van der Waals surface area contributed by atoms with Gasteiger partial charge in [-0.1, -0.05) is 22.0 Å². The van der Waals surface area contributed by atoms with Gasteiger partial charge in [-0.15, -0.1) is 0 Å². The van der Waals surface area contributed by atoms with E-state index >= 15 is 0 Å². The molecule has 1 aliphatic carbocycles. The van der Waals surface area contributed by atoms with Crippen molar-refractivity contribution in [3.8, 4) is 0 Å². The highest BCUT2D eigenvalue weighted by Gasteiger charge is 2.45. The zero-order valence-corrected chi connectivity index (χ0v) is 11.0. The van der Waals surface area contributed by atoms with Crippen molar-refractivity contribution >= 4 is 25.8 Å². The van der Waals surface area contributed by atoms with Crippen LogP contribution in [-0.2, 0) is 9.84 Å². The molecule has 1 saturated carbocycles. The van der Waals surface area contributed by atoms with Crippen molar-refractivity contribution in [3.63, 3.8) is 0 Å². The Labute approximate surface area is 103 Å². The van der Waals surface area contributed by atoms with Crippen LogP contribution in [0.1, 0.15) is 12.8 Å². The molecular weight excluding hydrogens is 295 g/mol.